The Kier molecular flexibility index (Phi) is 9.39. The molecule has 0 aliphatic heterocycles. The van der Waals surface area contributed by atoms with Gasteiger partial charge in [-0.15, -0.1) is 35.6 Å². The number of para-hydroxylation sites is 3. The van der Waals surface area contributed by atoms with Crippen LogP contribution in [0.15, 0.2) is 157 Å². The summed E-state index contributed by atoms with van der Waals surface area (Å²) in [6.45, 7) is 6.63. The second-order valence-electron chi connectivity index (χ2n) is 14.4. The fourth-order valence-corrected chi connectivity index (χ4v) is 8.17. The third-order valence-corrected chi connectivity index (χ3v) is 10.8. The van der Waals surface area contributed by atoms with Crippen LogP contribution in [0.2, 0.25) is 0 Å². The summed E-state index contributed by atoms with van der Waals surface area (Å²) in [7, 11) is 0. The summed E-state index contributed by atoms with van der Waals surface area (Å²) in [5.74, 6) is 0.183. The molecular formula is C48H36N3OPtS-. The van der Waals surface area contributed by atoms with Crippen molar-refractivity contribution in [2.75, 3.05) is 0 Å². The summed E-state index contributed by atoms with van der Waals surface area (Å²) in [5, 5.41) is 14.5. The van der Waals surface area contributed by atoms with Crippen molar-refractivity contribution < 1.29 is 26.2 Å². The Morgan fingerprint density at radius 1 is 0.630 bits per heavy atom. The Hall–Kier alpha value is -5.61. The molecule has 9 rings (SSSR count). The van der Waals surface area contributed by atoms with Crippen LogP contribution in [-0.2, 0) is 26.5 Å². The SMILES string of the molecule is CC(C)(C)c1ccnc(-c2[c-]c(-c3cc(-c4ccccc4-c4cccc5c6sccc6n(-c6ccccc6)c45)cc(-c4ccccc4O)n3)ccc2)c1.[Pt]. The van der Waals surface area contributed by atoms with Crippen LogP contribution in [-0.4, -0.2) is 19.6 Å². The summed E-state index contributed by atoms with van der Waals surface area (Å²) >= 11 is 1.78. The predicted molar refractivity (Wildman–Crippen MR) is 221 cm³/mol. The average Bonchev–Trinajstić information content (AvgIpc) is 3.79. The van der Waals surface area contributed by atoms with Crippen LogP contribution < -0.4 is 0 Å². The molecule has 9 aromatic rings. The van der Waals surface area contributed by atoms with E-state index in [-0.39, 0.29) is 32.2 Å². The van der Waals surface area contributed by atoms with E-state index in [0.29, 0.717) is 11.3 Å². The molecule has 4 heterocycles. The first-order chi connectivity index (χ1) is 25.8. The topological polar surface area (TPSA) is 50.9 Å². The number of fused-ring (bicyclic) bond motifs is 3. The molecule has 4 nitrogen and oxygen atoms in total. The molecule has 0 saturated carbocycles. The van der Waals surface area contributed by atoms with Crippen molar-refractivity contribution in [2.24, 2.45) is 0 Å². The van der Waals surface area contributed by atoms with E-state index in [0.717, 1.165) is 50.5 Å². The number of hydrogen-bond acceptors (Lipinski definition) is 4. The normalized spacial score (nSPS) is 11.5. The molecule has 5 aromatic carbocycles. The molecule has 4 aromatic heterocycles. The molecule has 0 aliphatic rings. The molecule has 6 heteroatoms. The third-order valence-electron chi connectivity index (χ3n) is 9.91. The number of thiophene rings is 1. The minimum absolute atomic E-state index is 0. The molecule has 1 N–H and O–H groups in total. The number of aromatic nitrogens is 3. The molecule has 0 aliphatic carbocycles. The van der Waals surface area contributed by atoms with Crippen molar-refractivity contribution in [3.63, 3.8) is 0 Å². The van der Waals surface area contributed by atoms with E-state index in [1.165, 1.54) is 26.7 Å². The second-order valence-corrected chi connectivity index (χ2v) is 15.3. The van der Waals surface area contributed by atoms with Crippen LogP contribution >= 0.6 is 11.3 Å². The average molecular weight is 898 g/mol. The van der Waals surface area contributed by atoms with Crippen LogP contribution in [0, 0.1) is 6.07 Å². The third kappa shape index (κ3) is 6.38. The molecule has 0 fully saturated rings. The quantitative estimate of drug-likeness (QED) is 0.169. The molecule has 0 spiro atoms. The molecule has 0 saturated heterocycles. The molecular weight excluding hydrogens is 862 g/mol. The largest absolute Gasteiger partial charge is 0.507 e. The molecule has 0 bridgehead atoms. The monoisotopic (exact) mass is 897 g/mol. The van der Waals surface area contributed by atoms with Crippen LogP contribution in [0.4, 0.5) is 0 Å². The van der Waals surface area contributed by atoms with E-state index in [2.05, 4.69) is 146 Å². The summed E-state index contributed by atoms with van der Waals surface area (Å²) in [5.41, 5.74) is 13.8. The van der Waals surface area contributed by atoms with Crippen LogP contribution in [0.1, 0.15) is 26.3 Å². The summed E-state index contributed by atoms with van der Waals surface area (Å²) in [4.78, 5) is 9.89. The fourth-order valence-electron chi connectivity index (χ4n) is 7.26. The fraction of sp³-hybridized carbons (Fsp3) is 0.0833. The van der Waals surface area contributed by atoms with Gasteiger partial charge < -0.3 is 9.67 Å². The summed E-state index contributed by atoms with van der Waals surface area (Å²) in [6.07, 6.45) is 1.88. The number of rotatable bonds is 6. The van der Waals surface area contributed by atoms with Crippen molar-refractivity contribution in [1.82, 2.24) is 14.5 Å². The van der Waals surface area contributed by atoms with Crippen molar-refractivity contribution >= 4 is 32.5 Å². The molecule has 0 atom stereocenters. The van der Waals surface area contributed by atoms with Gasteiger partial charge in [-0.1, -0.05) is 117 Å². The first-order valence-corrected chi connectivity index (χ1v) is 18.7. The van der Waals surface area contributed by atoms with E-state index in [9.17, 15) is 5.11 Å². The maximum atomic E-state index is 11.1. The van der Waals surface area contributed by atoms with Crippen molar-refractivity contribution in [3.8, 4) is 67.5 Å². The molecule has 266 valence electrons. The van der Waals surface area contributed by atoms with E-state index < -0.39 is 0 Å². The van der Waals surface area contributed by atoms with Gasteiger partial charge in [0.05, 0.1) is 21.4 Å². The maximum absolute atomic E-state index is 11.1. The van der Waals surface area contributed by atoms with Crippen LogP contribution in [0.5, 0.6) is 5.75 Å². The van der Waals surface area contributed by atoms with Gasteiger partial charge in [0.2, 0.25) is 0 Å². The van der Waals surface area contributed by atoms with Gasteiger partial charge in [0.1, 0.15) is 5.75 Å². The van der Waals surface area contributed by atoms with Gasteiger partial charge >= 0.3 is 0 Å². The molecule has 0 amide bonds. The summed E-state index contributed by atoms with van der Waals surface area (Å²) in [6, 6.07) is 53.7. The van der Waals surface area contributed by atoms with Gasteiger partial charge in [0, 0.05) is 60.9 Å². The second kappa shape index (κ2) is 14.3. The smallest absolute Gasteiger partial charge is 0.124 e. The Labute approximate surface area is 333 Å². The van der Waals surface area contributed by atoms with E-state index in [1.807, 2.05) is 36.5 Å². The van der Waals surface area contributed by atoms with Gasteiger partial charge in [-0.3, -0.25) is 9.97 Å². The van der Waals surface area contributed by atoms with Gasteiger partial charge in [0.15, 0.2) is 0 Å². The predicted octanol–water partition coefficient (Wildman–Crippen LogP) is 12.8. The van der Waals surface area contributed by atoms with Gasteiger partial charge in [-0.05, 0) is 75.5 Å². The van der Waals surface area contributed by atoms with E-state index in [4.69, 9.17) is 9.97 Å². The zero-order chi connectivity index (χ0) is 36.1. The molecule has 0 unspecified atom stereocenters. The van der Waals surface area contributed by atoms with Crippen molar-refractivity contribution in [3.05, 3.63) is 169 Å². The van der Waals surface area contributed by atoms with Gasteiger partial charge in [0.25, 0.3) is 0 Å². The molecule has 54 heavy (non-hydrogen) atoms. The standard InChI is InChI=1S/C48H36N3OS.Pt/c1-48(2,3)34-23-25-49-41(30-34)31-13-11-14-32(27-31)42-28-33(29-43(50-42)39-19-9-10-22-45(39)52)36-17-7-8-18-37(36)38-20-12-21-40-46(38)51(35-15-5-4-6-16-35)44-24-26-53-47(40)44;/h4-26,28-30,52H,1-3H3;/q-1;. The number of benzene rings is 5. The van der Waals surface area contributed by atoms with Crippen LogP contribution in [0.3, 0.4) is 0 Å². The Bertz CT molecular complexity index is 2790. The maximum Gasteiger partial charge on any atom is 0.124 e. The Morgan fingerprint density at radius 2 is 1.30 bits per heavy atom. The summed E-state index contributed by atoms with van der Waals surface area (Å²) < 4.78 is 3.66. The van der Waals surface area contributed by atoms with Crippen LogP contribution in [0.25, 0.3) is 82.8 Å². The van der Waals surface area contributed by atoms with Gasteiger partial charge in [-0.25, -0.2) is 0 Å². The van der Waals surface area contributed by atoms with Crippen molar-refractivity contribution in [1.29, 1.82) is 0 Å². The number of phenolic OH excluding ortho intramolecular Hbond substituents is 1. The number of hydrogen-bond donors (Lipinski definition) is 1. The molecule has 0 radical (unpaired) electrons. The number of phenols is 1. The zero-order valence-corrected chi connectivity index (χ0v) is 33.1. The minimum atomic E-state index is -0.00608. The Balaban J connectivity index is 0.00000413. The van der Waals surface area contributed by atoms with E-state index in [1.54, 1.807) is 17.4 Å². The van der Waals surface area contributed by atoms with Crippen molar-refractivity contribution in [2.45, 2.75) is 26.2 Å². The number of nitrogens with zero attached hydrogens (tertiary/aromatic N) is 3. The first-order valence-electron chi connectivity index (χ1n) is 17.8. The Morgan fingerprint density at radius 3 is 2.07 bits per heavy atom. The van der Waals surface area contributed by atoms with E-state index >= 15 is 0 Å². The number of pyridine rings is 2. The zero-order valence-electron chi connectivity index (χ0n) is 30.0. The van der Waals surface area contributed by atoms with Gasteiger partial charge in [-0.2, -0.15) is 0 Å². The minimum Gasteiger partial charge on any atom is -0.507 e. The first kappa shape index (κ1) is 35.4. The number of aromatic hydroxyl groups is 1.